The van der Waals surface area contributed by atoms with Crippen LogP contribution in [0.15, 0.2) is 30.3 Å². The maximum Gasteiger partial charge on any atom is 0.0641 e. The predicted octanol–water partition coefficient (Wildman–Crippen LogP) is 1.94. The summed E-state index contributed by atoms with van der Waals surface area (Å²) in [7, 11) is 0. The summed E-state index contributed by atoms with van der Waals surface area (Å²) in [6, 6.07) is 13.4. The molecule has 0 spiro atoms. The first-order valence-corrected chi connectivity index (χ1v) is 6.20. The predicted molar refractivity (Wildman–Crippen MR) is 68.5 cm³/mol. The minimum Gasteiger partial charge on any atom is -0.312 e. The van der Waals surface area contributed by atoms with Crippen LogP contribution in [-0.4, -0.2) is 30.6 Å². The normalized spacial score (nSPS) is 22.9. The Morgan fingerprint density at radius 3 is 2.88 bits per heavy atom. The minimum absolute atomic E-state index is 0.241. The van der Waals surface area contributed by atoms with E-state index in [9.17, 15) is 0 Å². The summed E-state index contributed by atoms with van der Waals surface area (Å²) in [5.41, 5.74) is 1.25. The zero-order chi connectivity index (χ0) is 12.1. The van der Waals surface area contributed by atoms with Crippen LogP contribution < -0.4 is 5.32 Å². The molecule has 3 heteroatoms. The molecule has 2 atom stereocenters. The fourth-order valence-corrected chi connectivity index (χ4v) is 2.46. The molecule has 1 heterocycles. The number of nitrogens with zero attached hydrogens (tertiary/aromatic N) is 2. The van der Waals surface area contributed by atoms with Crippen LogP contribution in [0.1, 0.15) is 24.9 Å². The Hall–Kier alpha value is -1.37. The van der Waals surface area contributed by atoms with E-state index in [-0.39, 0.29) is 6.04 Å². The summed E-state index contributed by atoms with van der Waals surface area (Å²) in [5, 5.41) is 12.4. The topological polar surface area (TPSA) is 39.1 Å². The average Bonchev–Trinajstić information content (AvgIpc) is 2.37. The minimum atomic E-state index is 0.241. The average molecular weight is 229 g/mol. The number of hydrogen-bond donors (Lipinski definition) is 1. The summed E-state index contributed by atoms with van der Waals surface area (Å²) in [6.07, 6.45) is 0.566. The molecule has 1 fully saturated rings. The second kappa shape index (κ2) is 5.81. The number of nitrogens with one attached hydrogen (secondary N) is 1. The lowest BCUT2D eigenvalue weighted by Gasteiger charge is -2.37. The lowest BCUT2D eigenvalue weighted by Crippen LogP contribution is -2.50. The molecule has 1 aliphatic rings. The van der Waals surface area contributed by atoms with E-state index in [0.29, 0.717) is 12.5 Å². The Balaban J connectivity index is 2.14. The molecule has 1 N–H and O–H groups in total. The van der Waals surface area contributed by atoms with Crippen molar-refractivity contribution >= 4 is 0 Å². The van der Waals surface area contributed by atoms with Crippen LogP contribution >= 0.6 is 0 Å². The van der Waals surface area contributed by atoms with Crippen LogP contribution in [0, 0.1) is 11.3 Å². The van der Waals surface area contributed by atoms with Gasteiger partial charge >= 0.3 is 0 Å². The van der Waals surface area contributed by atoms with Gasteiger partial charge in [-0.05, 0) is 12.5 Å². The summed E-state index contributed by atoms with van der Waals surface area (Å²) in [4.78, 5) is 2.42. The molecule has 1 unspecified atom stereocenters. The molecule has 2 rings (SSSR count). The third kappa shape index (κ3) is 3.06. The molecule has 1 aromatic rings. The first-order chi connectivity index (χ1) is 8.31. The maximum absolute atomic E-state index is 9.00. The van der Waals surface area contributed by atoms with Crippen LogP contribution in [0.2, 0.25) is 0 Å². The van der Waals surface area contributed by atoms with Crippen LogP contribution in [0.25, 0.3) is 0 Å². The van der Waals surface area contributed by atoms with Crippen molar-refractivity contribution in [3.05, 3.63) is 35.9 Å². The molecule has 1 aromatic carbocycles. The monoisotopic (exact) mass is 229 g/mol. The Bertz CT molecular complexity index is 382. The number of nitriles is 1. The Morgan fingerprint density at radius 2 is 2.24 bits per heavy atom. The standard InChI is InChI=1S/C14H19N3/c1-12-11-17(10-9-16-12)14(7-8-15)13-5-3-2-4-6-13/h2-6,12,14,16H,7,9-11H2,1H3/t12-,14?/m0/s1. The highest BCUT2D eigenvalue weighted by Crippen LogP contribution is 2.24. The van der Waals surface area contributed by atoms with Gasteiger partial charge in [0.1, 0.15) is 0 Å². The third-order valence-corrected chi connectivity index (χ3v) is 3.31. The second-order valence-corrected chi connectivity index (χ2v) is 4.64. The van der Waals surface area contributed by atoms with Crippen LogP contribution in [0.4, 0.5) is 0 Å². The molecule has 0 bridgehead atoms. The molecule has 90 valence electrons. The molecule has 0 saturated carbocycles. The quantitative estimate of drug-likeness (QED) is 0.861. The molecule has 0 aromatic heterocycles. The van der Waals surface area contributed by atoms with Gasteiger partial charge in [-0.25, -0.2) is 0 Å². The highest BCUT2D eigenvalue weighted by atomic mass is 15.2. The van der Waals surface area contributed by atoms with Gasteiger partial charge in [0.25, 0.3) is 0 Å². The van der Waals surface area contributed by atoms with Gasteiger partial charge in [0.2, 0.25) is 0 Å². The van der Waals surface area contributed by atoms with Crippen molar-refractivity contribution in [2.75, 3.05) is 19.6 Å². The van der Waals surface area contributed by atoms with Gasteiger partial charge in [0, 0.05) is 31.7 Å². The van der Waals surface area contributed by atoms with Crippen molar-refractivity contribution in [2.24, 2.45) is 0 Å². The van der Waals surface area contributed by atoms with E-state index in [1.165, 1.54) is 5.56 Å². The molecule has 3 nitrogen and oxygen atoms in total. The Morgan fingerprint density at radius 1 is 1.47 bits per heavy atom. The van der Waals surface area contributed by atoms with E-state index in [1.807, 2.05) is 18.2 Å². The van der Waals surface area contributed by atoms with E-state index in [0.717, 1.165) is 19.6 Å². The van der Waals surface area contributed by atoms with Crippen LogP contribution in [0.5, 0.6) is 0 Å². The first-order valence-electron chi connectivity index (χ1n) is 6.20. The summed E-state index contributed by atoms with van der Waals surface area (Å²) < 4.78 is 0. The van der Waals surface area contributed by atoms with E-state index in [2.05, 4.69) is 35.3 Å². The van der Waals surface area contributed by atoms with Crippen molar-refractivity contribution in [1.29, 1.82) is 5.26 Å². The summed E-state index contributed by atoms with van der Waals surface area (Å²) in [5.74, 6) is 0. The summed E-state index contributed by atoms with van der Waals surface area (Å²) >= 11 is 0. The van der Waals surface area contributed by atoms with Crippen LogP contribution in [-0.2, 0) is 0 Å². The van der Waals surface area contributed by atoms with Gasteiger partial charge in [0.05, 0.1) is 12.5 Å². The van der Waals surface area contributed by atoms with Crippen molar-refractivity contribution in [1.82, 2.24) is 10.2 Å². The van der Waals surface area contributed by atoms with Crippen molar-refractivity contribution < 1.29 is 0 Å². The lowest BCUT2D eigenvalue weighted by atomic mass is 10.0. The molecule has 0 radical (unpaired) electrons. The third-order valence-electron chi connectivity index (χ3n) is 3.31. The van der Waals surface area contributed by atoms with Gasteiger partial charge in [0.15, 0.2) is 0 Å². The fourth-order valence-electron chi connectivity index (χ4n) is 2.46. The number of benzene rings is 1. The SMILES string of the molecule is C[C@H]1CN(C(CC#N)c2ccccc2)CCN1. The molecule has 1 aliphatic heterocycles. The fraction of sp³-hybridized carbons (Fsp3) is 0.500. The second-order valence-electron chi connectivity index (χ2n) is 4.64. The smallest absolute Gasteiger partial charge is 0.0641 e. The molecule has 0 aliphatic carbocycles. The van der Waals surface area contributed by atoms with E-state index < -0.39 is 0 Å². The van der Waals surface area contributed by atoms with Gasteiger partial charge in [-0.15, -0.1) is 0 Å². The van der Waals surface area contributed by atoms with Crippen molar-refractivity contribution in [3.63, 3.8) is 0 Å². The molecule has 1 saturated heterocycles. The lowest BCUT2D eigenvalue weighted by molar-refractivity contribution is 0.150. The highest BCUT2D eigenvalue weighted by molar-refractivity contribution is 5.20. The van der Waals surface area contributed by atoms with Gasteiger partial charge in [-0.3, -0.25) is 4.90 Å². The Labute approximate surface area is 103 Å². The van der Waals surface area contributed by atoms with Crippen LogP contribution in [0.3, 0.4) is 0 Å². The molecular formula is C14H19N3. The molecule has 0 amide bonds. The van der Waals surface area contributed by atoms with Crippen molar-refractivity contribution in [2.45, 2.75) is 25.4 Å². The largest absolute Gasteiger partial charge is 0.312 e. The first kappa shape index (κ1) is 12.1. The summed E-state index contributed by atoms with van der Waals surface area (Å²) in [6.45, 7) is 5.24. The maximum atomic E-state index is 9.00. The zero-order valence-corrected chi connectivity index (χ0v) is 10.3. The van der Waals surface area contributed by atoms with E-state index in [4.69, 9.17) is 5.26 Å². The number of rotatable bonds is 3. The van der Waals surface area contributed by atoms with E-state index in [1.54, 1.807) is 0 Å². The zero-order valence-electron chi connectivity index (χ0n) is 10.3. The number of piperazine rings is 1. The highest BCUT2D eigenvalue weighted by Gasteiger charge is 2.24. The van der Waals surface area contributed by atoms with Crippen molar-refractivity contribution in [3.8, 4) is 6.07 Å². The molecule has 17 heavy (non-hydrogen) atoms. The van der Waals surface area contributed by atoms with E-state index >= 15 is 0 Å². The van der Waals surface area contributed by atoms with Gasteiger partial charge in [-0.1, -0.05) is 30.3 Å². The number of hydrogen-bond acceptors (Lipinski definition) is 3. The van der Waals surface area contributed by atoms with Gasteiger partial charge in [-0.2, -0.15) is 5.26 Å². The Kier molecular flexibility index (Phi) is 4.13. The van der Waals surface area contributed by atoms with Gasteiger partial charge < -0.3 is 5.32 Å². The molecular weight excluding hydrogens is 210 g/mol.